The molecule has 2 heterocycles. The zero-order valence-electron chi connectivity index (χ0n) is 14.0. The van der Waals surface area contributed by atoms with Gasteiger partial charge in [-0.15, -0.1) is 0 Å². The van der Waals surface area contributed by atoms with E-state index in [1.807, 2.05) is 30.3 Å². The fraction of sp³-hybridized carbons (Fsp3) is 0.0952. The molecule has 2 aliphatic rings. The van der Waals surface area contributed by atoms with Crippen molar-refractivity contribution in [2.75, 3.05) is 4.90 Å². The summed E-state index contributed by atoms with van der Waals surface area (Å²) in [5.74, 6) is -2.04. The second-order valence-corrected chi connectivity index (χ2v) is 6.53. The van der Waals surface area contributed by atoms with Crippen molar-refractivity contribution >= 4 is 34.0 Å². The van der Waals surface area contributed by atoms with E-state index in [4.69, 9.17) is 4.84 Å². The van der Waals surface area contributed by atoms with Crippen LogP contribution in [0.15, 0.2) is 71.9 Å². The molecule has 5 nitrogen and oxygen atoms in total. The Kier molecular flexibility index (Phi) is 3.33. The third-order valence-corrected chi connectivity index (χ3v) is 4.94. The highest BCUT2D eigenvalue weighted by Crippen LogP contribution is 2.36. The summed E-state index contributed by atoms with van der Waals surface area (Å²) in [6.45, 7) is 0. The van der Waals surface area contributed by atoms with Crippen LogP contribution in [0.2, 0.25) is 0 Å². The number of halogens is 1. The molecule has 132 valence electrons. The first kappa shape index (κ1) is 15.7. The number of carbonyl (C=O) groups excluding carboxylic acids is 2. The van der Waals surface area contributed by atoms with Crippen LogP contribution in [0.3, 0.4) is 0 Å². The number of rotatable bonds is 2. The monoisotopic (exact) mass is 360 g/mol. The molecular weight excluding hydrogens is 347 g/mol. The maximum atomic E-state index is 13.2. The van der Waals surface area contributed by atoms with E-state index in [0.717, 1.165) is 15.7 Å². The van der Waals surface area contributed by atoms with Crippen LogP contribution in [0.1, 0.15) is 5.56 Å². The van der Waals surface area contributed by atoms with Gasteiger partial charge >= 0.3 is 0 Å². The van der Waals surface area contributed by atoms with Gasteiger partial charge < -0.3 is 4.84 Å². The lowest BCUT2D eigenvalue weighted by atomic mass is 9.94. The summed E-state index contributed by atoms with van der Waals surface area (Å²) in [6.07, 6.45) is -0.982. The van der Waals surface area contributed by atoms with Crippen molar-refractivity contribution in [3.05, 3.63) is 78.1 Å². The maximum absolute atomic E-state index is 13.2. The largest absolute Gasteiger partial charge is 0.381 e. The summed E-state index contributed by atoms with van der Waals surface area (Å²) in [5, 5.41) is 5.88. The predicted molar refractivity (Wildman–Crippen MR) is 97.7 cm³/mol. The van der Waals surface area contributed by atoms with Crippen LogP contribution in [-0.4, -0.2) is 23.6 Å². The van der Waals surface area contributed by atoms with Gasteiger partial charge in [-0.05, 0) is 35.0 Å². The van der Waals surface area contributed by atoms with Crippen molar-refractivity contribution in [3.8, 4) is 0 Å². The second kappa shape index (κ2) is 5.74. The predicted octanol–water partition coefficient (Wildman–Crippen LogP) is 3.27. The molecule has 0 spiro atoms. The normalized spacial score (nSPS) is 21.4. The van der Waals surface area contributed by atoms with Crippen molar-refractivity contribution in [2.24, 2.45) is 11.1 Å². The second-order valence-electron chi connectivity index (χ2n) is 6.53. The third kappa shape index (κ3) is 2.33. The average Bonchev–Trinajstić information content (AvgIpc) is 3.23. The summed E-state index contributed by atoms with van der Waals surface area (Å²) in [4.78, 5) is 32.3. The lowest BCUT2D eigenvalue weighted by Crippen LogP contribution is -2.33. The minimum absolute atomic E-state index is 0.349. The van der Waals surface area contributed by atoms with Crippen molar-refractivity contribution in [3.63, 3.8) is 0 Å². The number of amides is 2. The van der Waals surface area contributed by atoms with Gasteiger partial charge in [0.15, 0.2) is 0 Å². The Morgan fingerprint density at radius 2 is 1.63 bits per heavy atom. The SMILES string of the molecule is O=C1[C@H]2C(c3ccc(F)cc3)=NO[C@@H]2C(=O)N1c1ccc2ccccc2c1. The van der Waals surface area contributed by atoms with Gasteiger partial charge in [0.05, 0.1) is 5.69 Å². The Labute approximate surface area is 153 Å². The summed E-state index contributed by atoms with van der Waals surface area (Å²) in [5.41, 5.74) is 1.41. The van der Waals surface area contributed by atoms with Gasteiger partial charge in [-0.3, -0.25) is 9.59 Å². The maximum Gasteiger partial charge on any atom is 0.278 e. The molecule has 0 aromatic heterocycles. The Balaban J connectivity index is 1.53. The lowest BCUT2D eigenvalue weighted by molar-refractivity contribution is -0.126. The van der Waals surface area contributed by atoms with Crippen LogP contribution >= 0.6 is 0 Å². The number of benzene rings is 3. The van der Waals surface area contributed by atoms with Crippen molar-refractivity contribution in [1.82, 2.24) is 0 Å². The first-order valence-corrected chi connectivity index (χ1v) is 8.50. The number of hydrogen-bond acceptors (Lipinski definition) is 4. The molecule has 2 aliphatic heterocycles. The van der Waals surface area contributed by atoms with Crippen molar-refractivity contribution in [1.29, 1.82) is 0 Å². The van der Waals surface area contributed by atoms with E-state index < -0.39 is 17.9 Å². The van der Waals surface area contributed by atoms with Crippen LogP contribution in [0.5, 0.6) is 0 Å². The van der Waals surface area contributed by atoms with Gasteiger partial charge in [-0.1, -0.05) is 47.6 Å². The lowest BCUT2D eigenvalue weighted by Gasteiger charge is -2.16. The van der Waals surface area contributed by atoms with Crippen LogP contribution in [0.25, 0.3) is 10.8 Å². The summed E-state index contributed by atoms with van der Waals surface area (Å²) >= 11 is 0. The molecule has 1 saturated heterocycles. The van der Waals surface area contributed by atoms with E-state index in [-0.39, 0.29) is 11.7 Å². The van der Waals surface area contributed by atoms with Gasteiger partial charge in [0.2, 0.25) is 12.0 Å². The molecule has 0 radical (unpaired) electrons. The van der Waals surface area contributed by atoms with E-state index in [9.17, 15) is 14.0 Å². The molecule has 2 atom stereocenters. The Bertz CT molecular complexity index is 1120. The highest BCUT2D eigenvalue weighted by Gasteiger charge is 2.56. The molecule has 3 aromatic carbocycles. The first-order valence-electron chi connectivity index (χ1n) is 8.50. The highest BCUT2D eigenvalue weighted by atomic mass is 19.1. The highest BCUT2D eigenvalue weighted by molar-refractivity contribution is 6.32. The molecule has 6 heteroatoms. The van der Waals surface area contributed by atoms with Gasteiger partial charge in [-0.2, -0.15) is 0 Å². The number of imide groups is 1. The number of fused-ring (bicyclic) bond motifs is 2. The van der Waals surface area contributed by atoms with Crippen LogP contribution in [-0.2, 0) is 14.4 Å². The Morgan fingerprint density at radius 3 is 2.41 bits per heavy atom. The number of oxime groups is 1. The molecule has 5 rings (SSSR count). The third-order valence-electron chi connectivity index (χ3n) is 4.94. The summed E-state index contributed by atoms with van der Waals surface area (Å²) in [7, 11) is 0. The fourth-order valence-electron chi connectivity index (χ4n) is 3.61. The minimum atomic E-state index is -0.982. The molecule has 0 bridgehead atoms. The molecule has 0 N–H and O–H groups in total. The average molecular weight is 360 g/mol. The quantitative estimate of drug-likeness (QED) is 0.659. The van der Waals surface area contributed by atoms with Gasteiger partial charge in [0.1, 0.15) is 17.4 Å². The number of hydrogen-bond donors (Lipinski definition) is 0. The molecule has 0 unspecified atom stereocenters. The molecule has 0 aliphatic carbocycles. The van der Waals surface area contributed by atoms with Gasteiger partial charge in [0, 0.05) is 5.56 Å². The topological polar surface area (TPSA) is 59.0 Å². The molecule has 3 aromatic rings. The van der Waals surface area contributed by atoms with E-state index in [1.54, 1.807) is 12.1 Å². The minimum Gasteiger partial charge on any atom is -0.381 e. The van der Waals surface area contributed by atoms with E-state index >= 15 is 0 Å². The zero-order valence-corrected chi connectivity index (χ0v) is 14.0. The number of anilines is 1. The van der Waals surface area contributed by atoms with Gasteiger partial charge in [-0.25, -0.2) is 9.29 Å². The molecular formula is C21H13FN2O3. The first-order chi connectivity index (χ1) is 13.1. The number of carbonyl (C=O) groups is 2. The van der Waals surface area contributed by atoms with E-state index in [1.165, 1.54) is 24.3 Å². The zero-order chi connectivity index (χ0) is 18.5. The van der Waals surface area contributed by atoms with Gasteiger partial charge in [0.25, 0.3) is 5.91 Å². The standard InChI is InChI=1S/C21H13FN2O3/c22-15-8-5-13(6-9-15)18-17-19(27-23-18)21(26)24(20(17)25)16-10-7-12-3-1-2-4-14(12)11-16/h1-11,17,19H/t17-,19-/m0/s1. The van der Waals surface area contributed by atoms with Crippen LogP contribution in [0.4, 0.5) is 10.1 Å². The molecule has 0 saturated carbocycles. The van der Waals surface area contributed by atoms with Crippen LogP contribution in [0, 0.1) is 11.7 Å². The Morgan fingerprint density at radius 1 is 0.889 bits per heavy atom. The van der Waals surface area contributed by atoms with Crippen molar-refractivity contribution in [2.45, 2.75) is 6.10 Å². The number of nitrogens with zero attached hydrogens (tertiary/aromatic N) is 2. The molecule has 1 fully saturated rings. The van der Waals surface area contributed by atoms with Crippen molar-refractivity contribution < 1.29 is 18.8 Å². The van der Waals surface area contributed by atoms with E-state index in [2.05, 4.69) is 5.16 Å². The Hall–Kier alpha value is -3.54. The van der Waals surface area contributed by atoms with Crippen LogP contribution < -0.4 is 4.90 Å². The molecule has 2 amide bonds. The summed E-state index contributed by atoms with van der Waals surface area (Å²) in [6, 6.07) is 18.8. The fourth-order valence-corrected chi connectivity index (χ4v) is 3.61. The summed E-state index contributed by atoms with van der Waals surface area (Å²) < 4.78 is 13.2. The molecule has 27 heavy (non-hydrogen) atoms. The van der Waals surface area contributed by atoms with E-state index in [0.29, 0.717) is 17.0 Å². The smallest absolute Gasteiger partial charge is 0.278 e.